The molecule has 0 bridgehead atoms. The van der Waals surface area contributed by atoms with Gasteiger partial charge >= 0.3 is 0 Å². The van der Waals surface area contributed by atoms with Gasteiger partial charge in [0.25, 0.3) is 11.4 Å². The van der Waals surface area contributed by atoms with Crippen molar-refractivity contribution in [3.8, 4) is 0 Å². The molecule has 8 heteroatoms. The van der Waals surface area contributed by atoms with E-state index in [0.29, 0.717) is 13.0 Å². The summed E-state index contributed by atoms with van der Waals surface area (Å²) in [6.07, 6.45) is 0.716. The summed E-state index contributed by atoms with van der Waals surface area (Å²) >= 11 is 0. The van der Waals surface area contributed by atoms with Gasteiger partial charge in [-0.3, -0.25) is 20.2 Å². The molecule has 0 amide bonds. The highest BCUT2D eigenvalue weighted by molar-refractivity contribution is 5.55. The SMILES string of the molecule is NCCCC(N)(c1ccccc1[N+](=O)[O-])c1ccccc1[N+](=O)[O-]. The summed E-state index contributed by atoms with van der Waals surface area (Å²) in [4.78, 5) is 21.7. The molecule has 4 N–H and O–H groups in total. The lowest BCUT2D eigenvalue weighted by atomic mass is 9.78. The number of hydrogen-bond donors (Lipinski definition) is 2. The smallest absolute Gasteiger partial charge is 0.274 e. The van der Waals surface area contributed by atoms with Crippen LogP contribution in [0, 0.1) is 20.2 Å². The number of nitro benzene ring substituents is 2. The van der Waals surface area contributed by atoms with Gasteiger partial charge in [-0.1, -0.05) is 24.3 Å². The second kappa shape index (κ2) is 7.16. The summed E-state index contributed by atoms with van der Waals surface area (Å²) in [5.74, 6) is 0. The topological polar surface area (TPSA) is 138 Å². The van der Waals surface area contributed by atoms with Gasteiger partial charge in [0.2, 0.25) is 0 Å². The van der Waals surface area contributed by atoms with Crippen molar-refractivity contribution in [1.82, 2.24) is 0 Å². The molecule has 2 aromatic rings. The molecule has 0 radical (unpaired) electrons. The van der Waals surface area contributed by atoms with Gasteiger partial charge in [-0.15, -0.1) is 0 Å². The van der Waals surface area contributed by atoms with Crippen molar-refractivity contribution in [1.29, 1.82) is 0 Å². The van der Waals surface area contributed by atoms with E-state index in [1.807, 2.05) is 0 Å². The molecule has 0 aliphatic rings. The van der Waals surface area contributed by atoms with E-state index in [1.54, 1.807) is 12.1 Å². The first-order valence-corrected chi connectivity index (χ1v) is 7.38. The van der Waals surface area contributed by atoms with E-state index in [2.05, 4.69) is 0 Å². The molecule has 0 atom stereocenters. The summed E-state index contributed by atoms with van der Waals surface area (Å²) in [5, 5.41) is 22.8. The lowest BCUT2D eigenvalue weighted by Crippen LogP contribution is -2.39. The molecular weight excluding hydrogens is 312 g/mol. The van der Waals surface area contributed by atoms with Gasteiger partial charge in [0.1, 0.15) is 0 Å². The Labute approximate surface area is 138 Å². The number of para-hydroxylation sites is 2. The van der Waals surface area contributed by atoms with Crippen LogP contribution < -0.4 is 11.5 Å². The first kappa shape index (κ1) is 17.5. The minimum absolute atomic E-state index is 0.171. The average Bonchev–Trinajstić information content (AvgIpc) is 2.59. The third-order valence-corrected chi connectivity index (χ3v) is 3.94. The van der Waals surface area contributed by atoms with Crippen LogP contribution in [0.2, 0.25) is 0 Å². The van der Waals surface area contributed by atoms with Crippen LogP contribution >= 0.6 is 0 Å². The van der Waals surface area contributed by atoms with Crippen LogP contribution in [-0.2, 0) is 5.54 Å². The summed E-state index contributed by atoms with van der Waals surface area (Å²) < 4.78 is 0. The molecule has 0 spiro atoms. The first-order valence-electron chi connectivity index (χ1n) is 7.38. The predicted octanol–water partition coefficient (Wildman–Crippen LogP) is 2.44. The van der Waals surface area contributed by atoms with E-state index in [-0.39, 0.29) is 28.9 Å². The highest BCUT2D eigenvalue weighted by Crippen LogP contribution is 2.40. The van der Waals surface area contributed by atoms with Gasteiger partial charge in [-0.2, -0.15) is 0 Å². The van der Waals surface area contributed by atoms with Crippen molar-refractivity contribution in [2.75, 3.05) is 6.54 Å². The standard InChI is InChI=1S/C16H18N4O4/c17-11-5-10-16(18,12-6-1-3-8-14(12)19(21)22)13-7-2-4-9-15(13)20(23)24/h1-4,6-9H,5,10-11,17-18H2. The monoisotopic (exact) mass is 330 g/mol. The molecule has 0 aromatic heterocycles. The first-order chi connectivity index (χ1) is 11.4. The third-order valence-electron chi connectivity index (χ3n) is 3.94. The van der Waals surface area contributed by atoms with Crippen molar-refractivity contribution >= 4 is 11.4 Å². The van der Waals surface area contributed by atoms with Crippen LogP contribution in [0.5, 0.6) is 0 Å². The quantitative estimate of drug-likeness (QED) is 0.590. The predicted molar refractivity (Wildman–Crippen MR) is 89.4 cm³/mol. The molecular formula is C16H18N4O4. The van der Waals surface area contributed by atoms with Crippen LogP contribution in [-0.4, -0.2) is 16.4 Å². The number of benzene rings is 2. The maximum atomic E-state index is 11.4. The van der Waals surface area contributed by atoms with Crippen molar-refractivity contribution in [3.63, 3.8) is 0 Å². The fourth-order valence-corrected chi connectivity index (χ4v) is 2.82. The zero-order valence-electron chi connectivity index (χ0n) is 12.9. The zero-order chi connectivity index (χ0) is 17.7. The molecule has 8 nitrogen and oxygen atoms in total. The minimum Gasteiger partial charge on any atom is -0.330 e. The van der Waals surface area contributed by atoms with E-state index in [4.69, 9.17) is 11.5 Å². The third kappa shape index (κ3) is 3.24. The maximum absolute atomic E-state index is 11.4. The van der Waals surface area contributed by atoms with Crippen LogP contribution in [0.25, 0.3) is 0 Å². The molecule has 2 rings (SSSR count). The van der Waals surface area contributed by atoms with Gasteiger partial charge in [0.15, 0.2) is 0 Å². The normalized spacial score (nSPS) is 11.2. The van der Waals surface area contributed by atoms with Crippen molar-refractivity contribution in [3.05, 3.63) is 79.9 Å². The van der Waals surface area contributed by atoms with Gasteiger partial charge in [0.05, 0.1) is 26.5 Å². The van der Waals surface area contributed by atoms with Gasteiger partial charge in [-0.05, 0) is 31.5 Å². The molecule has 126 valence electrons. The van der Waals surface area contributed by atoms with Crippen molar-refractivity contribution < 1.29 is 9.85 Å². The van der Waals surface area contributed by atoms with Gasteiger partial charge in [-0.25, -0.2) is 0 Å². The van der Waals surface area contributed by atoms with E-state index in [9.17, 15) is 20.2 Å². The van der Waals surface area contributed by atoms with E-state index >= 15 is 0 Å². The Morgan fingerprint density at radius 1 is 0.875 bits per heavy atom. The van der Waals surface area contributed by atoms with Gasteiger partial charge < -0.3 is 11.5 Å². The zero-order valence-corrected chi connectivity index (χ0v) is 12.9. The summed E-state index contributed by atoms with van der Waals surface area (Å²) in [7, 11) is 0. The Bertz CT molecular complexity index is 706. The largest absolute Gasteiger partial charge is 0.330 e. The van der Waals surface area contributed by atoms with E-state index in [0.717, 1.165) is 0 Å². The van der Waals surface area contributed by atoms with Crippen LogP contribution in [0.3, 0.4) is 0 Å². The number of rotatable bonds is 7. The molecule has 24 heavy (non-hydrogen) atoms. The van der Waals surface area contributed by atoms with Crippen molar-refractivity contribution in [2.24, 2.45) is 11.5 Å². The Hall–Kier alpha value is -2.84. The molecule has 0 saturated carbocycles. The van der Waals surface area contributed by atoms with E-state index in [1.165, 1.54) is 36.4 Å². The highest BCUT2D eigenvalue weighted by atomic mass is 16.6. The Kier molecular flexibility index (Phi) is 5.22. The number of hydrogen-bond acceptors (Lipinski definition) is 6. The van der Waals surface area contributed by atoms with Crippen LogP contribution in [0.4, 0.5) is 11.4 Å². The molecule has 0 aliphatic carbocycles. The van der Waals surface area contributed by atoms with Crippen molar-refractivity contribution in [2.45, 2.75) is 18.4 Å². The van der Waals surface area contributed by atoms with Crippen LogP contribution in [0.15, 0.2) is 48.5 Å². The summed E-state index contributed by atoms with van der Waals surface area (Å²) in [6, 6.07) is 12.1. The lowest BCUT2D eigenvalue weighted by molar-refractivity contribution is -0.387. The molecule has 2 aromatic carbocycles. The lowest BCUT2D eigenvalue weighted by Gasteiger charge is -2.30. The molecule has 0 fully saturated rings. The number of nitro groups is 2. The van der Waals surface area contributed by atoms with E-state index < -0.39 is 15.4 Å². The maximum Gasteiger partial charge on any atom is 0.274 e. The minimum atomic E-state index is -1.38. The summed E-state index contributed by atoms with van der Waals surface area (Å²) in [6.45, 7) is 0.320. The Balaban J connectivity index is 2.73. The number of nitrogens with zero attached hydrogens (tertiary/aromatic N) is 2. The molecule has 0 aliphatic heterocycles. The molecule has 0 heterocycles. The fourth-order valence-electron chi connectivity index (χ4n) is 2.82. The Morgan fingerprint density at radius 2 is 1.29 bits per heavy atom. The fraction of sp³-hybridized carbons (Fsp3) is 0.250. The second-order valence-electron chi connectivity index (χ2n) is 5.41. The summed E-state index contributed by atoms with van der Waals surface area (Å²) in [5.41, 5.74) is 10.8. The molecule has 0 saturated heterocycles. The highest BCUT2D eigenvalue weighted by Gasteiger charge is 2.39. The van der Waals surface area contributed by atoms with Crippen LogP contribution in [0.1, 0.15) is 24.0 Å². The second-order valence-corrected chi connectivity index (χ2v) is 5.41. The Morgan fingerprint density at radius 3 is 1.67 bits per heavy atom. The number of nitrogens with two attached hydrogens (primary N) is 2. The average molecular weight is 330 g/mol. The van der Waals surface area contributed by atoms with Gasteiger partial charge in [0, 0.05) is 12.1 Å². The molecule has 0 unspecified atom stereocenters.